The number of fused-ring (bicyclic) bond motifs is 1. The SMILES string of the molecule is COC[C@H]1CCCN1/N=C1\C[C@@H](C)[C@@](O)(/C=C/C(C)=C\C(=O)OC)c2ccccc21. The summed E-state index contributed by atoms with van der Waals surface area (Å²) >= 11 is 0. The van der Waals surface area contributed by atoms with Crippen molar-refractivity contribution in [2.75, 3.05) is 27.4 Å². The molecule has 1 aliphatic carbocycles. The highest BCUT2D eigenvalue weighted by Gasteiger charge is 2.41. The standard InChI is InChI=1S/C24H32N2O4/c1-17(14-23(27)30-4)11-12-24(28)18(2)15-22(20-9-5-6-10-21(20)24)25-26-13-7-8-19(26)16-29-3/h5-6,9-12,14,18-19,28H,7-8,13,15-16H2,1-4H3/b12-11+,17-14-,25-22+/t18-,19-,24+/m1/s1. The van der Waals surface area contributed by atoms with E-state index in [0.29, 0.717) is 19.1 Å². The Labute approximate surface area is 178 Å². The van der Waals surface area contributed by atoms with Gasteiger partial charge in [0.1, 0.15) is 5.60 Å². The average Bonchev–Trinajstić information content (AvgIpc) is 3.17. The number of rotatable bonds is 6. The molecule has 0 radical (unpaired) electrons. The number of hydrazone groups is 1. The summed E-state index contributed by atoms with van der Waals surface area (Å²) in [7, 11) is 3.08. The molecule has 0 saturated carbocycles. The summed E-state index contributed by atoms with van der Waals surface area (Å²) in [6, 6.07) is 8.21. The molecular weight excluding hydrogens is 380 g/mol. The van der Waals surface area contributed by atoms with Crippen molar-refractivity contribution in [2.45, 2.75) is 44.8 Å². The zero-order valence-corrected chi connectivity index (χ0v) is 18.3. The Hall–Kier alpha value is -2.44. The van der Waals surface area contributed by atoms with Gasteiger partial charge < -0.3 is 14.6 Å². The van der Waals surface area contributed by atoms with Crippen molar-refractivity contribution < 1.29 is 19.4 Å². The molecule has 1 aliphatic heterocycles. The van der Waals surface area contributed by atoms with Gasteiger partial charge in [-0.25, -0.2) is 4.79 Å². The topological polar surface area (TPSA) is 71.4 Å². The molecule has 3 rings (SSSR count). The second-order valence-electron chi connectivity index (χ2n) is 8.18. The first-order valence-corrected chi connectivity index (χ1v) is 10.5. The first-order valence-electron chi connectivity index (χ1n) is 10.5. The van der Waals surface area contributed by atoms with E-state index in [1.165, 1.54) is 13.2 Å². The molecule has 1 aromatic rings. The number of carbonyl (C=O) groups is 1. The third kappa shape index (κ3) is 4.65. The maximum absolute atomic E-state index is 11.6. The summed E-state index contributed by atoms with van der Waals surface area (Å²) in [5, 5.41) is 18.8. The second kappa shape index (κ2) is 9.58. The van der Waals surface area contributed by atoms with E-state index in [0.717, 1.165) is 41.8 Å². The number of methoxy groups -OCH3 is 2. The van der Waals surface area contributed by atoms with Gasteiger partial charge in [-0.15, -0.1) is 0 Å². The summed E-state index contributed by atoms with van der Waals surface area (Å²) in [6.45, 7) is 5.44. The normalized spacial score (nSPS) is 28.2. The van der Waals surface area contributed by atoms with Crippen molar-refractivity contribution in [1.29, 1.82) is 0 Å². The molecule has 0 aromatic heterocycles. The van der Waals surface area contributed by atoms with Gasteiger partial charge in [-0.2, -0.15) is 5.10 Å². The van der Waals surface area contributed by atoms with Gasteiger partial charge in [0.05, 0.1) is 25.5 Å². The Balaban J connectivity index is 1.95. The molecule has 2 aliphatic rings. The predicted molar refractivity (Wildman–Crippen MR) is 117 cm³/mol. The van der Waals surface area contributed by atoms with Gasteiger partial charge in [0.25, 0.3) is 0 Å². The van der Waals surface area contributed by atoms with Gasteiger partial charge in [0.15, 0.2) is 0 Å². The molecule has 0 amide bonds. The fourth-order valence-electron chi connectivity index (χ4n) is 4.27. The number of benzene rings is 1. The summed E-state index contributed by atoms with van der Waals surface area (Å²) in [4.78, 5) is 11.5. The van der Waals surface area contributed by atoms with Crippen LogP contribution in [0.15, 0.2) is 53.2 Å². The predicted octanol–water partition coefficient (Wildman–Crippen LogP) is 3.40. The Morgan fingerprint density at radius 1 is 1.37 bits per heavy atom. The molecule has 0 bridgehead atoms. The van der Waals surface area contributed by atoms with Crippen LogP contribution in [-0.4, -0.2) is 55.2 Å². The van der Waals surface area contributed by atoms with Gasteiger partial charge >= 0.3 is 5.97 Å². The molecule has 162 valence electrons. The van der Waals surface area contributed by atoms with Crippen LogP contribution in [0.5, 0.6) is 0 Å². The van der Waals surface area contributed by atoms with E-state index < -0.39 is 11.6 Å². The van der Waals surface area contributed by atoms with Crippen molar-refractivity contribution in [3.8, 4) is 0 Å². The minimum absolute atomic E-state index is 0.0724. The van der Waals surface area contributed by atoms with E-state index in [1.807, 2.05) is 38.1 Å². The van der Waals surface area contributed by atoms with E-state index in [9.17, 15) is 9.90 Å². The molecule has 0 spiro atoms. The zero-order chi connectivity index (χ0) is 21.7. The fourth-order valence-corrected chi connectivity index (χ4v) is 4.27. The largest absolute Gasteiger partial charge is 0.466 e. The number of hydrogen-bond acceptors (Lipinski definition) is 6. The molecule has 1 N–H and O–H groups in total. The van der Waals surface area contributed by atoms with Crippen LogP contribution in [0.25, 0.3) is 0 Å². The van der Waals surface area contributed by atoms with Crippen LogP contribution < -0.4 is 0 Å². The van der Waals surface area contributed by atoms with Crippen LogP contribution in [0, 0.1) is 5.92 Å². The van der Waals surface area contributed by atoms with E-state index in [-0.39, 0.29) is 5.92 Å². The maximum Gasteiger partial charge on any atom is 0.330 e. The summed E-state index contributed by atoms with van der Waals surface area (Å²) in [5.74, 6) is -0.483. The van der Waals surface area contributed by atoms with Gasteiger partial charge in [-0.3, -0.25) is 5.01 Å². The Bertz CT molecular complexity index is 861. The van der Waals surface area contributed by atoms with E-state index in [2.05, 4.69) is 9.75 Å². The van der Waals surface area contributed by atoms with Crippen LogP contribution >= 0.6 is 0 Å². The number of hydrogen-bond donors (Lipinski definition) is 1. The van der Waals surface area contributed by atoms with Crippen LogP contribution in [0.4, 0.5) is 0 Å². The molecule has 3 atom stereocenters. The van der Waals surface area contributed by atoms with Gasteiger partial charge in [0.2, 0.25) is 0 Å². The second-order valence-corrected chi connectivity index (χ2v) is 8.18. The lowest BCUT2D eigenvalue weighted by Gasteiger charge is -2.39. The third-order valence-corrected chi connectivity index (χ3v) is 6.02. The summed E-state index contributed by atoms with van der Waals surface area (Å²) in [6.07, 6.45) is 7.83. The summed E-state index contributed by atoms with van der Waals surface area (Å²) in [5.41, 5.74) is 2.39. The number of aliphatic hydroxyl groups is 1. The maximum atomic E-state index is 11.6. The van der Waals surface area contributed by atoms with Crippen LogP contribution in [0.3, 0.4) is 0 Å². The number of ether oxygens (including phenoxy) is 2. The third-order valence-electron chi connectivity index (χ3n) is 6.02. The van der Waals surface area contributed by atoms with Crippen molar-refractivity contribution >= 4 is 11.7 Å². The van der Waals surface area contributed by atoms with Gasteiger partial charge in [0, 0.05) is 25.3 Å². The highest BCUT2D eigenvalue weighted by Crippen LogP contribution is 2.41. The minimum atomic E-state index is -1.14. The Morgan fingerprint density at radius 2 is 2.13 bits per heavy atom. The molecule has 0 unspecified atom stereocenters. The Kier molecular flexibility index (Phi) is 7.10. The first-order chi connectivity index (χ1) is 14.4. The highest BCUT2D eigenvalue weighted by atomic mass is 16.5. The number of esters is 1. The number of allylic oxidation sites excluding steroid dienone is 2. The van der Waals surface area contributed by atoms with E-state index >= 15 is 0 Å². The Morgan fingerprint density at radius 3 is 2.87 bits per heavy atom. The lowest BCUT2D eigenvalue weighted by Crippen LogP contribution is -2.40. The van der Waals surface area contributed by atoms with Gasteiger partial charge in [-0.05, 0) is 49.3 Å². The van der Waals surface area contributed by atoms with Crippen molar-refractivity contribution in [1.82, 2.24) is 5.01 Å². The molecule has 1 aromatic carbocycles. The molecule has 1 saturated heterocycles. The lowest BCUT2D eigenvalue weighted by molar-refractivity contribution is -0.134. The van der Waals surface area contributed by atoms with Crippen LogP contribution in [0.2, 0.25) is 0 Å². The highest BCUT2D eigenvalue weighted by molar-refractivity contribution is 6.03. The van der Waals surface area contributed by atoms with Gasteiger partial charge in [-0.1, -0.05) is 37.3 Å². The molecular formula is C24H32N2O4. The van der Waals surface area contributed by atoms with Crippen molar-refractivity contribution in [3.05, 3.63) is 59.2 Å². The van der Waals surface area contributed by atoms with E-state index in [4.69, 9.17) is 9.84 Å². The summed E-state index contributed by atoms with van der Waals surface area (Å²) < 4.78 is 10.0. The van der Waals surface area contributed by atoms with Crippen molar-refractivity contribution in [3.63, 3.8) is 0 Å². The molecule has 6 heteroatoms. The zero-order valence-electron chi connectivity index (χ0n) is 18.3. The number of nitrogens with zero attached hydrogens (tertiary/aromatic N) is 2. The van der Waals surface area contributed by atoms with E-state index in [1.54, 1.807) is 19.3 Å². The minimum Gasteiger partial charge on any atom is -0.466 e. The van der Waals surface area contributed by atoms with Crippen LogP contribution in [0.1, 0.15) is 44.2 Å². The lowest BCUT2D eigenvalue weighted by atomic mass is 9.71. The quantitative estimate of drug-likeness (QED) is 0.440. The molecule has 1 fully saturated rings. The van der Waals surface area contributed by atoms with Crippen LogP contribution in [-0.2, 0) is 19.9 Å². The average molecular weight is 413 g/mol. The fraction of sp³-hybridized carbons (Fsp3) is 0.500. The molecule has 6 nitrogen and oxygen atoms in total. The molecule has 30 heavy (non-hydrogen) atoms. The van der Waals surface area contributed by atoms with Crippen molar-refractivity contribution in [2.24, 2.45) is 11.0 Å². The number of carbonyl (C=O) groups excluding carboxylic acids is 1. The molecule has 1 heterocycles. The smallest absolute Gasteiger partial charge is 0.330 e. The monoisotopic (exact) mass is 412 g/mol. The first kappa shape index (κ1) is 22.2.